The number of fused-ring (bicyclic) bond motifs is 1. The number of Topliss-reactive ketones (excluding diaryl/α,β-unsaturated/α-hetero) is 1. The number of benzene rings is 5. The van der Waals surface area contributed by atoms with Crippen LogP contribution in [0.4, 0.5) is 0 Å². The van der Waals surface area contributed by atoms with Crippen molar-refractivity contribution >= 4 is 16.6 Å². The predicted octanol–water partition coefficient (Wildman–Crippen LogP) is 7.45. The summed E-state index contributed by atoms with van der Waals surface area (Å²) in [5.41, 5.74) is 3.76. The van der Waals surface area contributed by atoms with Gasteiger partial charge in [0.05, 0.1) is 31.3 Å². The highest BCUT2D eigenvalue weighted by Gasteiger charge is 2.42. The number of carbonyl (C=O) groups is 1. The van der Waals surface area contributed by atoms with Gasteiger partial charge in [0, 0.05) is 24.9 Å². The molecule has 6 aromatic rings. The van der Waals surface area contributed by atoms with Gasteiger partial charge in [-0.1, -0.05) is 72.3 Å². The van der Waals surface area contributed by atoms with E-state index in [1.165, 1.54) is 13.2 Å². The lowest BCUT2D eigenvalue weighted by Gasteiger charge is -2.34. The van der Waals surface area contributed by atoms with Crippen molar-refractivity contribution in [3.63, 3.8) is 0 Å². The number of phenols is 3. The maximum absolute atomic E-state index is 15.1. The smallest absolute Gasteiger partial charge is 0.164 e. The molecule has 10 heteroatoms. The maximum atomic E-state index is 15.1. The fourth-order valence-corrected chi connectivity index (χ4v) is 8.98. The number of phenolic OH excluding ortho intramolecular Hbond substituents is 3. The van der Waals surface area contributed by atoms with E-state index in [1.807, 2.05) is 36.4 Å². The highest BCUT2D eigenvalue weighted by molar-refractivity contribution is 5.91. The second kappa shape index (κ2) is 19.1. The van der Waals surface area contributed by atoms with Crippen LogP contribution in [0.3, 0.4) is 0 Å². The topological polar surface area (TPSA) is 163 Å². The van der Waals surface area contributed by atoms with E-state index in [9.17, 15) is 25.5 Å². The third-order valence-corrected chi connectivity index (χ3v) is 12.2. The number of ether oxygens (including phenoxy) is 2. The number of aromatic hydroxyl groups is 3. The fraction of sp³-hybridized carbons (Fsp3) is 0.340. The molecule has 0 unspecified atom stereocenters. The van der Waals surface area contributed by atoms with Crippen LogP contribution in [0.1, 0.15) is 71.0 Å². The van der Waals surface area contributed by atoms with E-state index in [4.69, 9.17) is 9.47 Å². The molecule has 1 aliphatic carbocycles. The first-order chi connectivity index (χ1) is 29.1. The Morgan fingerprint density at radius 3 is 2.40 bits per heavy atom. The van der Waals surface area contributed by atoms with Gasteiger partial charge in [0.2, 0.25) is 0 Å². The van der Waals surface area contributed by atoms with Crippen LogP contribution >= 0.6 is 0 Å². The second-order valence-corrected chi connectivity index (χ2v) is 16.3. The van der Waals surface area contributed by atoms with Crippen molar-refractivity contribution in [2.75, 3.05) is 20.8 Å². The quantitative estimate of drug-likeness (QED) is 0.0485. The van der Waals surface area contributed by atoms with Crippen LogP contribution in [0.15, 0.2) is 109 Å². The van der Waals surface area contributed by atoms with Crippen molar-refractivity contribution in [2.45, 2.75) is 82.0 Å². The lowest BCUT2D eigenvalue weighted by Crippen LogP contribution is -2.44. The number of nitrogens with zero attached hydrogens (tertiary/aromatic N) is 1. The molecule has 7 rings (SSSR count). The van der Waals surface area contributed by atoms with Crippen LogP contribution in [0.2, 0.25) is 0 Å². The lowest BCUT2D eigenvalue weighted by atomic mass is 9.70. The van der Waals surface area contributed by atoms with E-state index in [1.54, 1.807) is 49.8 Å². The first-order valence-corrected chi connectivity index (χ1v) is 20.8. The van der Waals surface area contributed by atoms with Crippen LogP contribution in [-0.4, -0.2) is 64.3 Å². The average Bonchev–Trinajstić information content (AvgIpc) is 3.97. The Hall–Kier alpha value is -5.81. The molecule has 60 heavy (non-hydrogen) atoms. The summed E-state index contributed by atoms with van der Waals surface area (Å²) in [6.45, 7) is -0.201. The van der Waals surface area contributed by atoms with E-state index in [0.29, 0.717) is 48.4 Å². The third-order valence-electron chi connectivity index (χ3n) is 12.2. The van der Waals surface area contributed by atoms with Crippen molar-refractivity contribution in [3.8, 4) is 28.7 Å². The summed E-state index contributed by atoms with van der Waals surface area (Å²) in [5.74, 6) is -0.295. The zero-order valence-electron chi connectivity index (χ0n) is 34.3. The van der Waals surface area contributed by atoms with Crippen molar-refractivity contribution < 1.29 is 39.8 Å². The molecule has 1 fully saturated rings. The number of aliphatic hydroxyl groups excluding tert-OH is 2. The maximum Gasteiger partial charge on any atom is 0.164 e. The summed E-state index contributed by atoms with van der Waals surface area (Å²) in [7, 11) is 3.31. The van der Waals surface area contributed by atoms with Crippen molar-refractivity contribution in [1.82, 2.24) is 10.3 Å². The molecule has 3 atom stereocenters. The highest BCUT2D eigenvalue weighted by Crippen LogP contribution is 2.40. The lowest BCUT2D eigenvalue weighted by molar-refractivity contribution is -0.129. The van der Waals surface area contributed by atoms with Crippen LogP contribution in [0.25, 0.3) is 10.8 Å². The molecule has 1 saturated carbocycles. The molecule has 0 amide bonds. The minimum absolute atomic E-state index is 0.00603. The predicted molar refractivity (Wildman–Crippen MR) is 232 cm³/mol. The molecule has 0 radical (unpaired) electrons. The summed E-state index contributed by atoms with van der Waals surface area (Å²) in [6, 6.07) is 29.5. The molecule has 1 heterocycles. The molecule has 0 saturated heterocycles. The average molecular weight is 812 g/mol. The Kier molecular flexibility index (Phi) is 13.4. The summed E-state index contributed by atoms with van der Waals surface area (Å²) in [5, 5.41) is 61.7. The van der Waals surface area contributed by atoms with Gasteiger partial charge in [0.25, 0.3) is 0 Å². The number of rotatable bonds is 19. The molecule has 0 spiro atoms. The zero-order chi connectivity index (χ0) is 42.2. The second-order valence-electron chi connectivity index (χ2n) is 16.3. The normalized spacial score (nSPS) is 15.1. The van der Waals surface area contributed by atoms with Gasteiger partial charge in [-0.2, -0.15) is 12.4 Å². The molecule has 0 aliphatic heterocycles. The molecule has 1 aromatic heterocycles. The van der Waals surface area contributed by atoms with Gasteiger partial charge < -0.3 is 45.3 Å². The molecule has 1 aliphatic rings. The molecule has 314 valence electrons. The summed E-state index contributed by atoms with van der Waals surface area (Å²) < 4.78 is 12.0. The first-order valence-electron chi connectivity index (χ1n) is 20.8. The van der Waals surface area contributed by atoms with E-state index in [-0.39, 0.29) is 36.2 Å². The van der Waals surface area contributed by atoms with Crippen LogP contribution in [0.5, 0.6) is 28.7 Å². The Bertz CT molecular complexity index is 2380. The van der Waals surface area contributed by atoms with Gasteiger partial charge in [0.1, 0.15) is 11.5 Å². The number of nitrogens with one attached hydrogen (secondary N) is 1. The zero-order valence-corrected chi connectivity index (χ0v) is 34.3. The summed E-state index contributed by atoms with van der Waals surface area (Å²) in [4.78, 5) is 19.4. The molecule has 5 aromatic carbocycles. The largest absolute Gasteiger partial charge is 0.670 e. The minimum Gasteiger partial charge on any atom is -0.670 e. The van der Waals surface area contributed by atoms with Gasteiger partial charge in [-0.3, -0.25) is 4.79 Å². The number of hydrogen-bond acceptors (Lipinski definition) is 9. The van der Waals surface area contributed by atoms with Crippen molar-refractivity contribution in [1.29, 1.82) is 0 Å². The van der Waals surface area contributed by atoms with Gasteiger partial charge in [-0.15, -0.1) is 0 Å². The van der Waals surface area contributed by atoms with Crippen molar-refractivity contribution in [3.05, 3.63) is 148 Å². The van der Waals surface area contributed by atoms with Crippen LogP contribution < -0.4 is 19.8 Å². The van der Waals surface area contributed by atoms with Gasteiger partial charge >= 0.3 is 0 Å². The SMILES string of the molecule is CNCc1cc(O)cc([C@@](CO)(Cc2ccc(O)c(OC3CCCC3)c2)C(=O)C[C@@H](O)[C@H](Cc2cc[n-]c2)Cc2ccc(O)c(OC)c2Cc2cccc3ccccc23)c1. The molecule has 10 nitrogen and oxygen atoms in total. The number of ketones is 1. The Labute approximate surface area is 351 Å². The minimum atomic E-state index is -1.59. The first kappa shape index (κ1) is 42.3. The summed E-state index contributed by atoms with van der Waals surface area (Å²) >= 11 is 0. The Morgan fingerprint density at radius 2 is 1.65 bits per heavy atom. The van der Waals surface area contributed by atoms with Gasteiger partial charge in [-0.05, 0) is 127 Å². The van der Waals surface area contributed by atoms with Gasteiger partial charge in [-0.25, -0.2) is 0 Å². The van der Waals surface area contributed by atoms with Crippen LogP contribution in [0, 0.1) is 5.92 Å². The molecule has 0 bridgehead atoms. The van der Waals surface area contributed by atoms with E-state index in [2.05, 4.69) is 34.6 Å². The standard InChI is InChI=1S/C50H55N2O8/c1-51-29-34-21-39(26-40(54)22-34)50(31-53,28-32-14-16-44(55)47(23-32)60-41-11-4-5-12-41)48(58)27-46(57)38(20-33-18-19-52-30-33)24-37-15-17-45(56)49(59-2)43(37)25-36-10-7-9-35-8-3-6-13-42(35)36/h3,6-10,13-19,21-23,26,30,38,41,46,51,53-57H,4-5,11-12,20,24-25,27-29,31H2,1-2H3/q-1/t38-,46-,50+/m1/s1. The fourth-order valence-electron chi connectivity index (χ4n) is 8.98. The monoisotopic (exact) mass is 811 g/mol. The van der Waals surface area contributed by atoms with Gasteiger partial charge in [0.15, 0.2) is 23.0 Å². The van der Waals surface area contributed by atoms with E-state index < -0.39 is 29.8 Å². The van der Waals surface area contributed by atoms with Crippen molar-refractivity contribution in [2.24, 2.45) is 5.92 Å². The third kappa shape index (κ3) is 9.47. The molecule has 6 N–H and O–H groups in total. The number of aliphatic hydroxyl groups is 2. The number of aromatic nitrogens is 1. The number of carbonyl (C=O) groups excluding carboxylic acids is 1. The number of methoxy groups -OCH3 is 1. The number of hydrogen-bond donors (Lipinski definition) is 6. The van der Waals surface area contributed by atoms with E-state index in [0.717, 1.165) is 64.3 Å². The summed E-state index contributed by atoms with van der Waals surface area (Å²) in [6.07, 6.45) is 7.02. The van der Waals surface area contributed by atoms with E-state index >= 15 is 4.79 Å². The van der Waals surface area contributed by atoms with Crippen LogP contribution in [-0.2, 0) is 42.4 Å². The molecular weight excluding hydrogens is 757 g/mol. The Balaban J connectivity index is 1.25. The molecular formula is C50H55N2O8-. The Morgan fingerprint density at radius 1 is 0.867 bits per heavy atom. The highest BCUT2D eigenvalue weighted by atomic mass is 16.5.